The first kappa shape index (κ1) is 7.12. The lowest BCUT2D eigenvalue weighted by molar-refractivity contribution is -0.0123. The van der Waals surface area contributed by atoms with E-state index in [-0.39, 0.29) is 5.41 Å². The van der Waals surface area contributed by atoms with Crippen LogP contribution < -0.4 is 0 Å². The van der Waals surface area contributed by atoms with Crippen molar-refractivity contribution in [3.8, 4) is 6.07 Å². The standard InChI is InChI=1S/C9H13NO/c10-6-9(4-5-9)7-11-8-2-1-3-8/h8H,1-5,7H2. The molecule has 0 N–H and O–H groups in total. The van der Waals surface area contributed by atoms with Crippen LogP contribution in [0.3, 0.4) is 0 Å². The summed E-state index contributed by atoms with van der Waals surface area (Å²) in [5.74, 6) is 0. The van der Waals surface area contributed by atoms with Crippen LogP contribution in [0.2, 0.25) is 0 Å². The molecule has 0 unspecified atom stereocenters. The molecule has 2 heteroatoms. The lowest BCUT2D eigenvalue weighted by Gasteiger charge is -2.26. The quantitative estimate of drug-likeness (QED) is 0.616. The Labute approximate surface area is 67.2 Å². The summed E-state index contributed by atoms with van der Waals surface area (Å²) >= 11 is 0. The molecule has 0 atom stereocenters. The van der Waals surface area contributed by atoms with E-state index in [9.17, 15) is 0 Å². The summed E-state index contributed by atoms with van der Waals surface area (Å²) in [5, 5.41) is 8.73. The highest BCUT2D eigenvalue weighted by molar-refractivity contribution is 5.09. The fourth-order valence-corrected chi connectivity index (χ4v) is 1.25. The van der Waals surface area contributed by atoms with Gasteiger partial charge in [0.1, 0.15) is 0 Å². The average molecular weight is 151 g/mol. The van der Waals surface area contributed by atoms with Gasteiger partial charge in [-0.15, -0.1) is 0 Å². The molecule has 0 bridgehead atoms. The number of hydrogen-bond donors (Lipinski definition) is 0. The van der Waals surface area contributed by atoms with Crippen molar-refractivity contribution in [2.24, 2.45) is 5.41 Å². The van der Waals surface area contributed by atoms with E-state index in [2.05, 4.69) is 6.07 Å². The Bertz CT molecular complexity index is 186. The summed E-state index contributed by atoms with van der Waals surface area (Å²) < 4.78 is 5.57. The van der Waals surface area contributed by atoms with Crippen LogP contribution in [0.15, 0.2) is 0 Å². The Morgan fingerprint density at radius 1 is 1.45 bits per heavy atom. The van der Waals surface area contributed by atoms with Gasteiger partial charge < -0.3 is 4.74 Å². The van der Waals surface area contributed by atoms with Gasteiger partial charge in [-0.05, 0) is 32.1 Å². The van der Waals surface area contributed by atoms with E-state index < -0.39 is 0 Å². The molecule has 0 aromatic heterocycles. The number of nitrogens with zero attached hydrogens (tertiary/aromatic N) is 1. The maximum Gasteiger partial charge on any atom is 0.0808 e. The molecule has 2 rings (SSSR count). The molecule has 0 heterocycles. The summed E-state index contributed by atoms with van der Waals surface area (Å²) in [6.45, 7) is 0.689. The molecule has 0 saturated heterocycles. The van der Waals surface area contributed by atoms with Crippen LogP contribution in [0, 0.1) is 16.7 Å². The monoisotopic (exact) mass is 151 g/mol. The highest BCUT2D eigenvalue weighted by atomic mass is 16.5. The normalized spacial score (nSPS) is 27.2. The molecule has 0 aliphatic heterocycles. The second-order valence-electron chi connectivity index (χ2n) is 3.76. The van der Waals surface area contributed by atoms with Gasteiger partial charge >= 0.3 is 0 Å². The number of rotatable bonds is 3. The summed E-state index contributed by atoms with van der Waals surface area (Å²) in [4.78, 5) is 0. The van der Waals surface area contributed by atoms with Crippen LogP contribution in [0.5, 0.6) is 0 Å². The molecule has 2 nitrogen and oxygen atoms in total. The second kappa shape index (κ2) is 2.49. The predicted octanol–water partition coefficient (Wildman–Crippen LogP) is 1.86. The van der Waals surface area contributed by atoms with Crippen molar-refractivity contribution in [1.82, 2.24) is 0 Å². The molecule has 2 fully saturated rings. The van der Waals surface area contributed by atoms with E-state index in [0.29, 0.717) is 12.7 Å². The number of nitriles is 1. The molecular formula is C9H13NO. The first-order valence-corrected chi connectivity index (χ1v) is 4.38. The third-order valence-corrected chi connectivity index (χ3v) is 2.74. The van der Waals surface area contributed by atoms with Crippen LogP contribution >= 0.6 is 0 Å². The Morgan fingerprint density at radius 2 is 2.18 bits per heavy atom. The molecule has 0 aromatic carbocycles. The number of ether oxygens (including phenoxy) is 1. The van der Waals surface area contributed by atoms with E-state index in [1.807, 2.05) is 0 Å². The van der Waals surface area contributed by atoms with Gasteiger partial charge in [0, 0.05) is 0 Å². The maximum absolute atomic E-state index is 8.73. The fourth-order valence-electron chi connectivity index (χ4n) is 1.25. The zero-order valence-electron chi connectivity index (χ0n) is 6.68. The fraction of sp³-hybridized carbons (Fsp3) is 0.889. The Hall–Kier alpha value is -0.550. The third-order valence-electron chi connectivity index (χ3n) is 2.74. The lowest BCUT2D eigenvalue weighted by Crippen LogP contribution is -2.24. The zero-order valence-corrected chi connectivity index (χ0v) is 6.68. The molecule has 60 valence electrons. The van der Waals surface area contributed by atoms with Crippen LogP contribution in [0.1, 0.15) is 32.1 Å². The smallest absolute Gasteiger partial charge is 0.0808 e. The summed E-state index contributed by atoms with van der Waals surface area (Å²) in [5.41, 5.74) is -0.0599. The molecule has 2 aliphatic rings. The van der Waals surface area contributed by atoms with E-state index in [4.69, 9.17) is 10.00 Å². The Morgan fingerprint density at radius 3 is 2.55 bits per heavy atom. The van der Waals surface area contributed by atoms with E-state index in [1.165, 1.54) is 19.3 Å². The molecular weight excluding hydrogens is 138 g/mol. The second-order valence-corrected chi connectivity index (χ2v) is 3.76. The minimum absolute atomic E-state index is 0.0599. The predicted molar refractivity (Wildman–Crippen MR) is 40.9 cm³/mol. The average Bonchev–Trinajstić information content (AvgIpc) is 2.66. The lowest BCUT2D eigenvalue weighted by atomic mass is 9.96. The van der Waals surface area contributed by atoms with Gasteiger partial charge in [0.2, 0.25) is 0 Å². The molecule has 2 saturated carbocycles. The van der Waals surface area contributed by atoms with Gasteiger partial charge in [0.25, 0.3) is 0 Å². The van der Waals surface area contributed by atoms with E-state index >= 15 is 0 Å². The maximum atomic E-state index is 8.73. The zero-order chi connectivity index (χ0) is 7.73. The summed E-state index contributed by atoms with van der Waals surface area (Å²) in [6.07, 6.45) is 6.32. The van der Waals surface area contributed by atoms with Gasteiger partial charge in [-0.3, -0.25) is 0 Å². The van der Waals surface area contributed by atoms with E-state index in [0.717, 1.165) is 12.8 Å². The van der Waals surface area contributed by atoms with Crippen molar-refractivity contribution in [3.63, 3.8) is 0 Å². The van der Waals surface area contributed by atoms with Gasteiger partial charge in [0.15, 0.2) is 0 Å². The summed E-state index contributed by atoms with van der Waals surface area (Å²) in [6, 6.07) is 2.33. The van der Waals surface area contributed by atoms with E-state index in [1.54, 1.807) is 0 Å². The third kappa shape index (κ3) is 1.39. The van der Waals surface area contributed by atoms with Crippen molar-refractivity contribution >= 4 is 0 Å². The van der Waals surface area contributed by atoms with Crippen molar-refractivity contribution in [1.29, 1.82) is 5.26 Å². The van der Waals surface area contributed by atoms with Gasteiger partial charge in [-0.2, -0.15) is 5.26 Å². The molecule has 2 aliphatic carbocycles. The molecule has 0 amide bonds. The van der Waals surface area contributed by atoms with Crippen LogP contribution in [-0.4, -0.2) is 12.7 Å². The van der Waals surface area contributed by atoms with Crippen LogP contribution in [-0.2, 0) is 4.74 Å². The Kier molecular flexibility index (Phi) is 1.61. The minimum atomic E-state index is -0.0599. The SMILES string of the molecule is N#CC1(COC2CCC2)CC1. The molecule has 11 heavy (non-hydrogen) atoms. The number of hydrogen-bond acceptors (Lipinski definition) is 2. The largest absolute Gasteiger partial charge is 0.377 e. The molecule has 0 aromatic rings. The molecule has 0 radical (unpaired) electrons. The van der Waals surface area contributed by atoms with Crippen molar-refractivity contribution in [2.75, 3.05) is 6.61 Å². The van der Waals surface area contributed by atoms with Crippen LogP contribution in [0.25, 0.3) is 0 Å². The van der Waals surface area contributed by atoms with Crippen LogP contribution in [0.4, 0.5) is 0 Å². The topological polar surface area (TPSA) is 33.0 Å². The van der Waals surface area contributed by atoms with Crippen molar-refractivity contribution in [2.45, 2.75) is 38.2 Å². The summed E-state index contributed by atoms with van der Waals surface area (Å²) in [7, 11) is 0. The van der Waals surface area contributed by atoms with Crippen molar-refractivity contribution < 1.29 is 4.74 Å². The molecule has 0 spiro atoms. The highest BCUT2D eigenvalue weighted by Gasteiger charge is 2.44. The highest BCUT2D eigenvalue weighted by Crippen LogP contribution is 2.45. The van der Waals surface area contributed by atoms with Gasteiger partial charge in [-0.25, -0.2) is 0 Å². The first-order valence-electron chi connectivity index (χ1n) is 4.38. The Balaban J connectivity index is 1.70. The van der Waals surface area contributed by atoms with Gasteiger partial charge in [0.05, 0.1) is 24.2 Å². The first-order chi connectivity index (χ1) is 5.35. The minimum Gasteiger partial charge on any atom is -0.377 e. The van der Waals surface area contributed by atoms with Gasteiger partial charge in [-0.1, -0.05) is 0 Å². The van der Waals surface area contributed by atoms with Crippen molar-refractivity contribution in [3.05, 3.63) is 0 Å².